The lowest BCUT2D eigenvalue weighted by molar-refractivity contribution is 0.0726. The van der Waals surface area contributed by atoms with Gasteiger partial charge in [-0.05, 0) is 30.3 Å². The summed E-state index contributed by atoms with van der Waals surface area (Å²) >= 11 is 0. The Hall–Kier alpha value is -0.560. The van der Waals surface area contributed by atoms with Gasteiger partial charge in [-0.3, -0.25) is 0 Å². The van der Waals surface area contributed by atoms with Crippen LogP contribution < -0.4 is 0 Å². The molecule has 2 rings (SSSR count). The van der Waals surface area contributed by atoms with E-state index in [9.17, 15) is 5.11 Å². The van der Waals surface area contributed by atoms with E-state index in [1.54, 1.807) is 0 Å². The highest BCUT2D eigenvalue weighted by Gasteiger charge is 2.34. The zero-order chi connectivity index (χ0) is 9.42. The predicted molar refractivity (Wildman–Crippen MR) is 54.3 cm³/mol. The third kappa shape index (κ3) is 1.46. The van der Waals surface area contributed by atoms with Crippen molar-refractivity contribution in [3.8, 4) is 0 Å². The molecule has 0 aromatic rings. The molecule has 0 amide bonds. The van der Waals surface area contributed by atoms with Gasteiger partial charge in [0.05, 0.1) is 6.10 Å². The molecule has 0 saturated heterocycles. The maximum absolute atomic E-state index is 9.92. The molecule has 0 heterocycles. The van der Waals surface area contributed by atoms with Gasteiger partial charge in [0.1, 0.15) is 0 Å². The smallest absolute Gasteiger partial charge is 0.0614 e. The normalized spacial score (nSPS) is 44.1. The van der Waals surface area contributed by atoms with Gasteiger partial charge in [-0.1, -0.05) is 32.1 Å². The van der Waals surface area contributed by atoms with E-state index < -0.39 is 0 Å². The van der Waals surface area contributed by atoms with Crippen molar-refractivity contribution in [3.05, 3.63) is 23.8 Å². The van der Waals surface area contributed by atoms with Crippen LogP contribution in [0.3, 0.4) is 0 Å². The molecule has 0 aliphatic heterocycles. The van der Waals surface area contributed by atoms with Crippen molar-refractivity contribution >= 4 is 0 Å². The Morgan fingerprint density at radius 1 is 1.38 bits per heavy atom. The van der Waals surface area contributed by atoms with E-state index in [-0.39, 0.29) is 6.10 Å². The third-order valence-electron chi connectivity index (χ3n) is 3.63. The minimum atomic E-state index is -0.109. The lowest BCUT2D eigenvalue weighted by Gasteiger charge is -2.38. The quantitative estimate of drug-likeness (QED) is 0.604. The molecule has 72 valence electrons. The van der Waals surface area contributed by atoms with Crippen molar-refractivity contribution in [2.24, 2.45) is 17.8 Å². The molecule has 0 aromatic carbocycles. The summed E-state index contributed by atoms with van der Waals surface area (Å²) in [5, 5.41) is 9.92. The number of aliphatic hydroxyl groups excluding tert-OH is 1. The minimum Gasteiger partial charge on any atom is -0.392 e. The number of fused-ring (bicyclic) bond motifs is 1. The second-order valence-corrected chi connectivity index (χ2v) is 4.45. The fourth-order valence-electron chi connectivity index (χ4n) is 2.56. The van der Waals surface area contributed by atoms with Crippen molar-refractivity contribution in [3.63, 3.8) is 0 Å². The maximum atomic E-state index is 9.92. The molecule has 1 heteroatoms. The van der Waals surface area contributed by atoms with E-state index in [1.165, 1.54) is 5.57 Å². The molecule has 13 heavy (non-hydrogen) atoms. The topological polar surface area (TPSA) is 20.2 Å². The molecule has 0 radical (unpaired) electrons. The highest BCUT2D eigenvalue weighted by molar-refractivity contribution is 5.29. The van der Waals surface area contributed by atoms with Gasteiger partial charge in [0.15, 0.2) is 0 Å². The molecular formula is C12H18O. The summed E-state index contributed by atoms with van der Waals surface area (Å²) in [6.45, 7) is 4.49. The van der Waals surface area contributed by atoms with Gasteiger partial charge in [-0.15, -0.1) is 0 Å². The first-order chi connectivity index (χ1) is 6.20. The molecule has 0 saturated carbocycles. The minimum absolute atomic E-state index is 0.109. The second-order valence-electron chi connectivity index (χ2n) is 4.45. The molecule has 0 spiro atoms. The largest absolute Gasteiger partial charge is 0.392 e. The fraction of sp³-hybridized carbons (Fsp3) is 0.667. The average molecular weight is 178 g/mol. The molecular weight excluding hydrogens is 160 g/mol. The number of rotatable bonds is 0. The van der Waals surface area contributed by atoms with Crippen molar-refractivity contribution < 1.29 is 5.11 Å². The van der Waals surface area contributed by atoms with E-state index in [2.05, 4.69) is 32.1 Å². The maximum Gasteiger partial charge on any atom is 0.0614 e. The van der Waals surface area contributed by atoms with Crippen LogP contribution in [0.5, 0.6) is 0 Å². The fourth-order valence-corrected chi connectivity index (χ4v) is 2.56. The van der Waals surface area contributed by atoms with Gasteiger partial charge in [0, 0.05) is 5.92 Å². The molecule has 0 aromatic heterocycles. The predicted octanol–water partition coefficient (Wildman–Crippen LogP) is 2.53. The summed E-state index contributed by atoms with van der Waals surface area (Å²) in [7, 11) is 0. The van der Waals surface area contributed by atoms with Gasteiger partial charge >= 0.3 is 0 Å². The Balaban J connectivity index is 2.31. The van der Waals surface area contributed by atoms with Crippen LogP contribution >= 0.6 is 0 Å². The molecule has 4 atom stereocenters. The Morgan fingerprint density at radius 3 is 2.92 bits per heavy atom. The highest BCUT2D eigenvalue weighted by Crippen LogP contribution is 2.39. The SMILES string of the molecule is CC1C=CC2=CCC[C@H](O)[C@@H]2[C@H]1C. The van der Waals surface area contributed by atoms with Crippen molar-refractivity contribution in [2.45, 2.75) is 32.8 Å². The summed E-state index contributed by atoms with van der Waals surface area (Å²) in [6.07, 6.45) is 8.64. The Morgan fingerprint density at radius 2 is 2.15 bits per heavy atom. The number of hydrogen-bond acceptors (Lipinski definition) is 1. The lowest BCUT2D eigenvalue weighted by Crippen LogP contribution is -2.34. The molecule has 0 fully saturated rings. The van der Waals surface area contributed by atoms with Gasteiger partial charge in [0.25, 0.3) is 0 Å². The number of aliphatic hydroxyl groups is 1. The first-order valence-electron chi connectivity index (χ1n) is 5.26. The van der Waals surface area contributed by atoms with Crippen LogP contribution in [0.25, 0.3) is 0 Å². The molecule has 1 nitrogen and oxygen atoms in total. The standard InChI is InChI=1S/C12H18O/c1-8-6-7-10-4-3-5-11(13)12(10)9(8)2/h4,6-9,11-13H,3,5H2,1-2H3/t8?,9-,11-,12+/m0/s1. The van der Waals surface area contributed by atoms with E-state index in [0.717, 1.165) is 12.8 Å². The Labute approximate surface area is 80.2 Å². The monoisotopic (exact) mass is 178 g/mol. The molecule has 2 aliphatic rings. The lowest BCUT2D eigenvalue weighted by atomic mass is 9.69. The van der Waals surface area contributed by atoms with Crippen molar-refractivity contribution in [2.75, 3.05) is 0 Å². The van der Waals surface area contributed by atoms with Gasteiger partial charge in [-0.2, -0.15) is 0 Å². The number of hydrogen-bond donors (Lipinski definition) is 1. The first-order valence-corrected chi connectivity index (χ1v) is 5.26. The Kier molecular flexibility index (Phi) is 2.29. The van der Waals surface area contributed by atoms with E-state index >= 15 is 0 Å². The highest BCUT2D eigenvalue weighted by atomic mass is 16.3. The zero-order valence-electron chi connectivity index (χ0n) is 8.40. The van der Waals surface area contributed by atoms with Crippen LogP contribution in [-0.4, -0.2) is 11.2 Å². The van der Waals surface area contributed by atoms with Crippen LogP contribution in [0.1, 0.15) is 26.7 Å². The van der Waals surface area contributed by atoms with Crippen LogP contribution in [0, 0.1) is 17.8 Å². The van der Waals surface area contributed by atoms with E-state index in [1.807, 2.05) is 0 Å². The van der Waals surface area contributed by atoms with Gasteiger partial charge < -0.3 is 5.11 Å². The van der Waals surface area contributed by atoms with Gasteiger partial charge in [0.2, 0.25) is 0 Å². The second kappa shape index (κ2) is 3.30. The van der Waals surface area contributed by atoms with Crippen molar-refractivity contribution in [1.29, 1.82) is 0 Å². The molecule has 1 N–H and O–H groups in total. The third-order valence-corrected chi connectivity index (χ3v) is 3.63. The molecule has 2 aliphatic carbocycles. The average Bonchev–Trinajstić information content (AvgIpc) is 2.12. The summed E-state index contributed by atoms with van der Waals surface area (Å²) in [5.74, 6) is 1.59. The van der Waals surface area contributed by atoms with Crippen LogP contribution in [0.15, 0.2) is 23.8 Å². The van der Waals surface area contributed by atoms with Gasteiger partial charge in [-0.25, -0.2) is 0 Å². The van der Waals surface area contributed by atoms with E-state index in [0.29, 0.717) is 17.8 Å². The van der Waals surface area contributed by atoms with Crippen molar-refractivity contribution in [1.82, 2.24) is 0 Å². The zero-order valence-corrected chi connectivity index (χ0v) is 8.40. The summed E-state index contributed by atoms with van der Waals surface area (Å²) in [6, 6.07) is 0. The summed E-state index contributed by atoms with van der Waals surface area (Å²) < 4.78 is 0. The molecule has 1 unspecified atom stereocenters. The van der Waals surface area contributed by atoms with Crippen LogP contribution in [0.2, 0.25) is 0 Å². The Bertz CT molecular complexity index is 252. The van der Waals surface area contributed by atoms with Crippen LogP contribution in [0.4, 0.5) is 0 Å². The summed E-state index contributed by atoms with van der Waals surface area (Å²) in [4.78, 5) is 0. The molecule has 0 bridgehead atoms. The number of allylic oxidation sites excluding steroid dienone is 3. The van der Waals surface area contributed by atoms with Crippen LogP contribution in [-0.2, 0) is 0 Å². The first kappa shape index (κ1) is 9.01. The van der Waals surface area contributed by atoms with E-state index in [4.69, 9.17) is 0 Å². The summed E-state index contributed by atoms with van der Waals surface area (Å²) in [5.41, 5.74) is 1.37.